The number of ether oxygens (including phenoxy) is 2. The predicted octanol–water partition coefficient (Wildman–Crippen LogP) is 4.91. The Labute approximate surface area is 126 Å². The van der Waals surface area contributed by atoms with Crippen molar-refractivity contribution in [2.75, 3.05) is 13.7 Å². The second-order valence-electron chi connectivity index (χ2n) is 4.34. The highest BCUT2D eigenvalue weighted by molar-refractivity contribution is 5.86. The van der Waals surface area contributed by atoms with Gasteiger partial charge in [0.1, 0.15) is 0 Å². The Morgan fingerprint density at radius 2 is 1.67 bits per heavy atom. The van der Waals surface area contributed by atoms with E-state index in [0.717, 1.165) is 19.8 Å². The highest BCUT2D eigenvalue weighted by atomic mass is 19.4. The molecule has 0 saturated carbocycles. The van der Waals surface area contributed by atoms with Gasteiger partial charge in [0.2, 0.25) is 0 Å². The fourth-order valence-electron chi connectivity index (χ4n) is 0.485. The molecule has 0 aromatic rings. The lowest BCUT2D eigenvalue weighted by atomic mass is 10.3. The van der Waals surface area contributed by atoms with E-state index >= 15 is 0 Å². The van der Waals surface area contributed by atoms with Gasteiger partial charge in [-0.15, -0.1) is 0 Å². The fourth-order valence-corrected chi connectivity index (χ4v) is 0.485. The van der Waals surface area contributed by atoms with Gasteiger partial charge in [-0.2, -0.15) is 13.2 Å². The SMILES string of the molecule is C=C(C)C(=O)OCCC.CCC(C)OC.CCC(F)(F)F. The van der Waals surface area contributed by atoms with Crippen molar-refractivity contribution >= 4 is 5.97 Å². The predicted molar refractivity (Wildman–Crippen MR) is 79.2 cm³/mol. The van der Waals surface area contributed by atoms with E-state index in [1.165, 1.54) is 0 Å². The molecule has 0 aromatic heterocycles. The Morgan fingerprint density at radius 3 is 1.81 bits per heavy atom. The molecule has 0 aliphatic rings. The van der Waals surface area contributed by atoms with Crippen molar-refractivity contribution in [2.45, 2.75) is 66.2 Å². The lowest BCUT2D eigenvalue weighted by Gasteiger charge is -2.01. The van der Waals surface area contributed by atoms with Crippen molar-refractivity contribution < 1.29 is 27.4 Å². The Kier molecular flexibility index (Phi) is 18.2. The summed E-state index contributed by atoms with van der Waals surface area (Å²) in [6.07, 6.45) is -2.28. The van der Waals surface area contributed by atoms with Gasteiger partial charge in [-0.1, -0.05) is 27.4 Å². The van der Waals surface area contributed by atoms with E-state index in [-0.39, 0.29) is 5.97 Å². The van der Waals surface area contributed by atoms with Crippen LogP contribution in [0.3, 0.4) is 0 Å². The summed E-state index contributed by atoms with van der Waals surface area (Å²) in [5, 5.41) is 0. The molecule has 0 rings (SSSR count). The van der Waals surface area contributed by atoms with Gasteiger partial charge in [-0.05, 0) is 26.7 Å². The molecule has 3 nitrogen and oxygen atoms in total. The first-order valence-electron chi connectivity index (χ1n) is 6.97. The minimum absolute atomic E-state index is 0.295. The van der Waals surface area contributed by atoms with Crippen molar-refractivity contribution in [3.8, 4) is 0 Å². The van der Waals surface area contributed by atoms with Crippen LogP contribution in [0.4, 0.5) is 13.2 Å². The minimum Gasteiger partial charge on any atom is -0.462 e. The third kappa shape index (κ3) is 28.0. The summed E-state index contributed by atoms with van der Waals surface area (Å²) in [4.78, 5) is 10.6. The largest absolute Gasteiger partial charge is 0.462 e. The molecule has 0 aliphatic heterocycles. The van der Waals surface area contributed by atoms with Crippen LogP contribution < -0.4 is 0 Å². The van der Waals surface area contributed by atoms with Crippen LogP contribution in [0.25, 0.3) is 0 Å². The number of esters is 1. The van der Waals surface area contributed by atoms with Crippen molar-refractivity contribution in [3.05, 3.63) is 12.2 Å². The topological polar surface area (TPSA) is 35.5 Å². The molecule has 1 atom stereocenters. The van der Waals surface area contributed by atoms with E-state index in [1.807, 2.05) is 6.92 Å². The van der Waals surface area contributed by atoms with E-state index in [9.17, 15) is 18.0 Å². The normalized spacial score (nSPS) is 11.3. The lowest BCUT2D eigenvalue weighted by molar-refractivity contribution is -0.139. The first-order chi connectivity index (χ1) is 9.55. The average molecular weight is 314 g/mol. The van der Waals surface area contributed by atoms with Crippen molar-refractivity contribution in [3.63, 3.8) is 0 Å². The van der Waals surface area contributed by atoms with Crippen LogP contribution in [0.5, 0.6) is 0 Å². The van der Waals surface area contributed by atoms with Gasteiger partial charge in [0.15, 0.2) is 0 Å². The molecule has 0 radical (unpaired) electrons. The molecule has 21 heavy (non-hydrogen) atoms. The molecule has 0 aliphatic carbocycles. The zero-order valence-corrected chi connectivity index (χ0v) is 14.0. The quantitative estimate of drug-likeness (QED) is 0.534. The summed E-state index contributed by atoms with van der Waals surface area (Å²) in [6, 6.07) is 0. The summed E-state index contributed by atoms with van der Waals surface area (Å²) in [6.45, 7) is 12.8. The third-order valence-corrected chi connectivity index (χ3v) is 2.16. The van der Waals surface area contributed by atoms with Gasteiger partial charge in [0.25, 0.3) is 0 Å². The van der Waals surface area contributed by atoms with Crippen LogP contribution in [0.15, 0.2) is 12.2 Å². The maximum absolute atomic E-state index is 10.8. The van der Waals surface area contributed by atoms with Crippen LogP contribution in [0.2, 0.25) is 0 Å². The van der Waals surface area contributed by atoms with Crippen molar-refractivity contribution in [1.82, 2.24) is 0 Å². The third-order valence-electron chi connectivity index (χ3n) is 2.16. The van der Waals surface area contributed by atoms with E-state index in [0.29, 0.717) is 18.3 Å². The molecule has 0 N–H and O–H groups in total. The number of hydrogen-bond acceptors (Lipinski definition) is 3. The highest BCUT2D eigenvalue weighted by Gasteiger charge is 2.22. The van der Waals surface area contributed by atoms with E-state index in [1.54, 1.807) is 14.0 Å². The van der Waals surface area contributed by atoms with Crippen molar-refractivity contribution in [2.24, 2.45) is 0 Å². The molecule has 0 amide bonds. The maximum Gasteiger partial charge on any atom is 0.388 e. The Bertz CT molecular complexity index is 259. The Balaban J connectivity index is -0.000000240. The van der Waals surface area contributed by atoms with Gasteiger partial charge >= 0.3 is 12.1 Å². The molecule has 1 unspecified atom stereocenters. The van der Waals surface area contributed by atoms with E-state index in [4.69, 9.17) is 9.47 Å². The first-order valence-corrected chi connectivity index (χ1v) is 6.97. The number of carbonyl (C=O) groups is 1. The molecule has 0 fully saturated rings. The van der Waals surface area contributed by atoms with Crippen LogP contribution >= 0.6 is 0 Å². The Hall–Kier alpha value is -1.04. The van der Waals surface area contributed by atoms with Gasteiger partial charge in [-0.25, -0.2) is 4.79 Å². The molecule has 0 spiro atoms. The zero-order valence-electron chi connectivity index (χ0n) is 14.0. The maximum atomic E-state index is 10.8. The molecule has 0 aromatic carbocycles. The second kappa shape index (κ2) is 15.4. The first kappa shape index (κ1) is 24.9. The monoisotopic (exact) mass is 314 g/mol. The van der Waals surface area contributed by atoms with E-state index in [2.05, 4.69) is 20.4 Å². The average Bonchev–Trinajstić information content (AvgIpc) is 2.44. The zero-order chi connectivity index (χ0) is 17.5. The smallest absolute Gasteiger partial charge is 0.388 e. The Morgan fingerprint density at radius 1 is 1.24 bits per heavy atom. The van der Waals surface area contributed by atoms with Gasteiger partial charge in [-0.3, -0.25) is 0 Å². The summed E-state index contributed by atoms with van der Waals surface area (Å²) in [7, 11) is 1.73. The van der Waals surface area contributed by atoms with Gasteiger partial charge < -0.3 is 9.47 Å². The molecule has 0 saturated heterocycles. The summed E-state index contributed by atoms with van der Waals surface area (Å²) >= 11 is 0. The number of methoxy groups -OCH3 is 1. The van der Waals surface area contributed by atoms with Crippen LogP contribution in [0, 0.1) is 0 Å². The highest BCUT2D eigenvalue weighted by Crippen LogP contribution is 2.17. The molecule has 128 valence electrons. The molecular formula is C15H29F3O3. The fraction of sp³-hybridized carbons (Fsp3) is 0.800. The molecule has 6 heteroatoms. The summed E-state index contributed by atoms with van der Waals surface area (Å²) in [5.41, 5.74) is 0.462. The number of rotatable bonds is 5. The number of carbonyl (C=O) groups excluding carboxylic acids is 1. The molecule has 0 bridgehead atoms. The second-order valence-corrected chi connectivity index (χ2v) is 4.34. The number of hydrogen-bond donors (Lipinski definition) is 0. The molecular weight excluding hydrogens is 285 g/mol. The van der Waals surface area contributed by atoms with Gasteiger partial charge in [0.05, 0.1) is 12.7 Å². The standard InChI is InChI=1S/C7H12O2.C5H12O.C3H5F3/c1-4-5-9-7(8)6(2)3;1-4-5(2)6-3;1-2-3(4,5)6/h2,4-5H2,1,3H3;5H,4H2,1-3H3;2H2,1H3. The van der Waals surface area contributed by atoms with Crippen LogP contribution in [0.1, 0.15) is 53.9 Å². The van der Waals surface area contributed by atoms with Crippen molar-refractivity contribution in [1.29, 1.82) is 0 Å². The van der Waals surface area contributed by atoms with E-state index < -0.39 is 12.6 Å². The summed E-state index contributed by atoms with van der Waals surface area (Å²) in [5.74, 6) is -0.295. The summed E-state index contributed by atoms with van der Waals surface area (Å²) < 4.78 is 42.0. The number of alkyl halides is 3. The number of halogens is 3. The minimum atomic E-state index is -3.96. The van der Waals surface area contributed by atoms with Crippen LogP contribution in [-0.4, -0.2) is 32.0 Å². The lowest BCUT2D eigenvalue weighted by Crippen LogP contribution is -2.04. The van der Waals surface area contributed by atoms with Crippen LogP contribution in [-0.2, 0) is 14.3 Å². The van der Waals surface area contributed by atoms with Gasteiger partial charge in [0, 0.05) is 19.1 Å². The molecule has 0 heterocycles.